The number of halogens is 2. The lowest BCUT2D eigenvalue weighted by molar-refractivity contribution is 0.00733. The van der Waals surface area contributed by atoms with Crippen LogP contribution in [0, 0.1) is 17.6 Å². The summed E-state index contributed by atoms with van der Waals surface area (Å²) < 4.78 is 36.5. The van der Waals surface area contributed by atoms with Gasteiger partial charge in [-0.25, -0.2) is 8.78 Å². The Labute approximate surface area is 129 Å². The molecule has 1 aromatic carbocycles. The normalized spacial score (nSPS) is 18.9. The van der Waals surface area contributed by atoms with Gasteiger partial charge in [0.2, 0.25) is 0 Å². The molecule has 0 aliphatic carbocycles. The van der Waals surface area contributed by atoms with E-state index in [0.29, 0.717) is 26.4 Å². The average molecular weight is 315 g/mol. The number of benzene rings is 1. The van der Waals surface area contributed by atoms with Crippen molar-refractivity contribution in [1.82, 2.24) is 5.32 Å². The quantitative estimate of drug-likeness (QED) is 0.809. The maximum Gasteiger partial charge on any atom is 0.162 e. The van der Waals surface area contributed by atoms with Crippen LogP contribution in [0.1, 0.15) is 19.8 Å². The van der Waals surface area contributed by atoms with Gasteiger partial charge in [0, 0.05) is 31.9 Å². The molecule has 0 bridgehead atoms. The fourth-order valence-electron chi connectivity index (χ4n) is 2.44. The molecule has 124 valence electrons. The molecule has 0 saturated carbocycles. The summed E-state index contributed by atoms with van der Waals surface area (Å²) in [7, 11) is 0. The molecule has 0 spiro atoms. The number of nitrogens with one attached hydrogen (secondary N) is 1. The standard InChI is InChI=1S/C16H23F2NO3/c1-11(10-22-13-2-3-14(17)15(18)8-13)19-9-16(20)12-4-6-21-7-5-12/h2-3,8,11-12,16,19-20H,4-7,9-10H2,1H3. The molecule has 0 aromatic heterocycles. The van der Waals surface area contributed by atoms with Gasteiger partial charge in [0.25, 0.3) is 0 Å². The van der Waals surface area contributed by atoms with Gasteiger partial charge in [0.05, 0.1) is 6.10 Å². The third-order valence-corrected chi connectivity index (χ3v) is 3.88. The van der Waals surface area contributed by atoms with Gasteiger partial charge < -0.3 is 19.9 Å². The van der Waals surface area contributed by atoms with E-state index in [2.05, 4.69) is 5.32 Å². The lowest BCUT2D eigenvalue weighted by atomic mass is 9.94. The molecule has 2 unspecified atom stereocenters. The van der Waals surface area contributed by atoms with Crippen LogP contribution >= 0.6 is 0 Å². The van der Waals surface area contributed by atoms with E-state index < -0.39 is 17.7 Å². The van der Waals surface area contributed by atoms with Crippen LogP contribution in [0.25, 0.3) is 0 Å². The van der Waals surface area contributed by atoms with Crippen molar-refractivity contribution in [2.45, 2.75) is 31.9 Å². The van der Waals surface area contributed by atoms with Crippen LogP contribution in [0.5, 0.6) is 5.75 Å². The van der Waals surface area contributed by atoms with Crippen molar-refractivity contribution in [3.8, 4) is 5.75 Å². The third-order valence-electron chi connectivity index (χ3n) is 3.88. The number of hydrogen-bond donors (Lipinski definition) is 2. The lowest BCUT2D eigenvalue weighted by Crippen LogP contribution is -2.41. The predicted molar refractivity (Wildman–Crippen MR) is 78.9 cm³/mol. The minimum Gasteiger partial charge on any atom is -0.492 e. The molecule has 1 aromatic rings. The van der Waals surface area contributed by atoms with Crippen molar-refractivity contribution < 1.29 is 23.4 Å². The Hall–Kier alpha value is -1.24. The minimum atomic E-state index is -0.923. The van der Waals surface area contributed by atoms with Gasteiger partial charge >= 0.3 is 0 Å². The zero-order valence-electron chi connectivity index (χ0n) is 12.7. The Balaban J connectivity index is 1.68. The number of rotatable bonds is 7. The fourth-order valence-corrected chi connectivity index (χ4v) is 2.44. The Morgan fingerprint density at radius 3 is 2.73 bits per heavy atom. The molecule has 1 aliphatic heterocycles. The number of ether oxygens (including phenoxy) is 2. The summed E-state index contributed by atoms with van der Waals surface area (Å²) in [6, 6.07) is 3.45. The molecule has 0 amide bonds. The molecule has 0 radical (unpaired) electrons. The molecule has 2 atom stereocenters. The zero-order chi connectivity index (χ0) is 15.9. The van der Waals surface area contributed by atoms with Crippen LogP contribution in [0.4, 0.5) is 8.78 Å². The van der Waals surface area contributed by atoms with E-state index in [1.165, 1.54) is 6.07 Å². The van der Waals surface area contributed by atoms with Gasteiger partial charge in [-0.1, -0.05) is 0 Å². The lowest BCUT2D eigenvalue weighted by Gasteiger charge is -2.27. The highest BCUT2D eigenvalue weighted by Crippen LogP contribution is 2.18. The monoisotopic (exact) mass is 315 g/mol. The molecule has 1 aliphatic rings. The van der Waals surface area contributed by atoms with E-state index in [9.17, 15) is 13.9 Å². The Kier molecular flexibility index (Phi) is 6.54. The Bertz CT molecular complexity index is 467. The molecule has 22 heavy (non-hydrogen) atoms. The highest BCUT2D eigenvalue weighted by molar-refractivity contribution is 5.23. The van der Waals surface area contributed by atoms with E-state index in [1.54, 1.807) is 0 Å². The van der Waals surface area contributed by atoms with Crippen molar-refractivity contribution in [2.75, 3.05) is 26.4 Å². The second-order valence-corrected chi connectivity index (χ2v) is 5.71. The predicted octanol–water partition coefficient (Wildman–Crippen LogP) is 2.11. The van der Waals surface area contributed by atoms with Gasteiger partial charge in [-0.05, 0) is 37.8 Å². The van der Waals surface area contributed by atoms with E-state index in [0.717, 1.165) is 25.0 Å². The fraction of sp³-hybridized carbons (Fsp3) is 0.625. The van der Waals surface area contributed by atoms with Crippen LogP contribution < -0.4 is 10.1 Å². The van der Waals surface area contributed by atoms with Crippen LogP contribution in [0.3, 0.4) is 0 Å². The van der Waals surface area contributed by atoms with Crippen molar-refractivity contribution in [3.05, 3.63) is 29.8 Å². The molecular weight excluding hydrogens is 292 g/mol. The van der Waals surface area contributed by atoms with Crippen LogP contribution in [-0.2, 0) is 4.74 Å². The van der Waals surface area contributed by atoms with E-state index in [-0.39, 0.29) is 17.7 Å². The van der Waals surface area contributed by atoms with E-state index >= 15 is 0 Å². The van der Waals surface area contributed by atoms with Gasteiger partial charge in [-0.15, -0.1) is 0 Å². The topological polar surface area (TPSA) is 50.7 Å². The van der Waals surface area contributed by atoms with Crippen LogP contribution in [0.15, 0.2) is 18.2 Å². The summed E-state index contributed by atoms with van der Waals surface area (Å²) in [5, 5.41) is 13.3. The molecular formula is C16H23F2NO3. The highest BCUT2D eigenvalue weighted by Gasteiger charge is 2.22. The Morgan fingerprint density at radius 2 is 2.05 bits per heavy atom. The summed E-state index contributed by atoms with van der Waals surface area (Å²) in [4.78, 5) is 0. The van der Waals surface area contributed by atoms with Crippen molar-refractivity contribution >= 4 is 0 Å². The van der Waals surface area contributed by atoms with Crippen molar-refractivity contribution in [1.29, 1.82) is 0 Å². The largest absolute Gasteiger partial charge is 0.492 e. The third kappa shape index (κ3) is 5.19. The maximum absolute atomic E-state index is 13.0. The average Bonchev–Trinajstić information content (AvgIpc) is 2.54. The first-order valence-corrected chi connectivity index (χ1v) is 7.63. The second-order valence-electron chi connectivity index (χ2n) is 5.71. The summed E-state index contributed by atoms with van der Waals surface area (Å²) in [6.45, 7) is 4.11. The van der Waals surface area contributed by atoms with Gasteiger partial charge in [-0.3, -0.25) is 0 Å². The zero-order valence-corrected chi connectivity index (χ0v) is 12.7. The number of aliphatic hydroxyl groups excluding tert-OH is 1. The second kappa shape index (κ2) is 8.41. The summed E-state index contributed by atoms with van der Waals surface area (Å²) in [5.74, 6) is -1.26. The molecule has 6 heteroatoms. The molecule has 4 nitrogen and oxygen atoms in total. The smallest absolute Gasteiger partial charge is 0.162 e. The molecule has 1 heterocycles. The summed E-state index contributed by atoms with van der Waals surface area (Å²) in [5.41, 5.74) is 0. The van der Waals surface area contributed by atoms with E-state index in [1.807, 2.05) is 6.92 Å². The van der Waals surface area contributed by atoms with Crippen LogP contribution in [0.2, 0.25) is 0 Å². The first-order valence-electron chi connectivity index (χ1n) is 7.63. The van der Waals surface area contributed by atoms with Gasteiger partial charge in [0.15, 0.2) is 11.6 Å². The molecule has 1 fully saturated rings. The minimum absolute atomic E-state index is 0.0115. The van der Waals surface area contributed by atoms with Gasteiger partial charge in [0.1, 0.15) is 12.4 Å². The maximum atomic E-state index is 13.0. The number of hydrogen-bond acceptors (Lipinski definition) is 4. The Morgan fingerprint density at radius 1 is 1.32 bits per heavy atom. The molecule has 2 N–H and O–H groups in total. The summed E-state index contributed by atoms with van der Waals surface area (Å²) in [6.07, 6.45) is 1.35. The molecule has 2 rings (SSSR count). The van der Waals surface area contributed by atoms with E-state index in [4.69, 9.17) is 9.47 Å². The SMILES string of the molecule is CC(COc1ccc(F)c(F)c1)NCC(O)C1CCOCC1. The van der Waals surface area contributed by atoms with Crippen LogP contribution in [-0.4, -0.2) is 43.6 Å². The van der Waals surface area contributed by atoms with Crippen molar-refractivity contribution in [3.63, 3.8) is 0 Å². The van der Waals surface area contributed by atoms with Crippen molar-refractivity contribution in [2.24, 2.45) is 5.92 Å². The number of aliphatic hydroxyl groups is 1. The molecule has 1 saturated heterocycles. The first kappa shape index (κ1) is 17.1. The first-order chi connectivity index (χ1) is 10.6. The highest BCUT2D eigenvalue weighted by atomic mass is 19.2. The van der Waals surface area contributed by atoms with Gasteiger partial charge in [-0.2, -0.15) is 0 Å². The summed E-state index contributed by atoms with van der Waals surface area (Å²) >= 11 is 0.